The van der Waals surface area contributed by atoms with Crippen molar-refractivity contribution in [2.45, 2.75) is 13.8 Å². The van der Waals surface area contributed by atoms with Crippen LogP contribution in [0.1, 0.15) is 13.8 Å². The summed E-state index contributed by atoms with van der Waals surface area (Å²) >= 11 is 0. The summed E-state index contributed by atoms with van der Waals surface area (Å²) < 4.78 is 5.45. The maximum atomic E-state index is 10.1. The number of para-hydroxylation sites is 2. The molecule has 0 aliphatic rings. The van der Waals surface area contributed by atoms with E-state index in [2.05, 4.69) is 88.7 Å². The minimum atomic E-state index is 0.235. The van der Waals surface area contributed by atoms with Crippen LogP contribution in [0.5, 0.6) is 5.75 Å². The fourth-order valence-corrected chi connectivity index (χ4v) is 4.83. The summed E-state index contributed by atoms with van der Waals surface area (Å²) in [7, 11) is 1.69. The summed E-state index contributed by atoms with van der Waals surface area (Å²) in [6, 6.07) is 45.0. The number of anilines is 5. The van der Waals surface area contributed by atoms with E-state index in [0.29, 0.717) is 0 Å². The lowest BCUT2D eigenvalue weighted by molar-refractivity contribution is 0.293. The molecular formula is C37H34N2O2. The quantitative estimate of drug-likeness (QED) is 0.150. The number of ether oxygens (including phenoxy) is 1. The predicted octanol–water partition coefficient (Wildman–Crippen LogP) is 10.1. The standard InChI is InChI=1S/C37H34N2O2/c1-4-31(26-28(2)41-3)38(32-12-7-5-8-13-32)34-22-18-29(19-23-34)30-20-24-35(25-21-30)39(33-14-9-6-10-15-33)36-16-11-17-37(40)27-36/h4-27,40H,1-3H3/b28-26+,31-4+. The van der Waals surface area contributed by atoms with Crippen molar-refractivity contribution in [3.63, 3.8) is 0 Å². The number of hydrogen-bond donors (Lipinski definition) is 1. The molecule has 0 bridgehead atoms. The van der Waals surface area contributed by atoms with Gasteiger partial charge in [0.05, 0.1) is 12.9 Å². The lowest BCUT2D eigenvalue weighted by atomic mass is 10.0. The number of hydrogen-bond acceptors (Lipinski definition) is 4. The van der Waals surface area contributed by atoms with E-state index in [1.807, 2.05) is 68.5 Å². The molecule has 4 heteroatoms. The molecule has 0 spiro atoms. The normalized spacial score (nSPS) is 11.7. The molecule has 0 aliphatic heterocycles. The Hall–Kier alpha value is -5.22. The first-order chi connectivity index (χ1) is 20.1. The van der Waals surface area contributed by atoms with E-state index in [0.717, 1.165) is 51.0 Å². The van der Waals surface area contributed by atoms with Crippen LogP contribution in [0, 0.1) is 0 Å². The first kappa shape index (κ1) is 27.4. The highest BCUT2D eigenvalue weighted by Gasteiger charge is 2.15. The molecule has 0 fully saturated rings. The molecule has 0 radical (unpaired) electrons. The molecule has 5 rings (SSSR count). The van der Waals surface area contributed by atoms with Crippen LogP contribution < -0.4 is 9.80 Å². The third-order valence-corrected chi connectivity index (χ3v) is 6.93. The van der Waals surface area contributed by atoms with Gasteiger partial charge in [-0.2, -0.15) is 0 Å². The lowest BCUT2D eigenvalue weighted by Crippen LogP contribution is -2.15. The van der Waals surface area contributed by atoms with Crippen LogP contribution in [0.3, 0.4) is 0 Å². The van der Waals surface area contributed by atoms with Gasteiger partial charge in [-0.25, -0.2) is 0 Å². The third kappa shape index (κ3) is 6.34. The van der Waals surface area contributed by atoms with Gasteiger partial charge in [-0.05, 0) is 91.7 Å². The van der Waals surface area contributed by atoms with Crippen LogP contribution >= 0.6 is 0 Å². The Morgan fingerprint density at radius 3 is 1.63 bits per heavy atom. The van der Waals surface area contributed by atoms with E-state index in [4.69, 9.17) is 4.74 Å². The average Bonchev–Trinajstić information content (AvgIpc) is 3.02. The van der Waals surface area contributed by atoms with Crippen molar-refractivity contribution < 1.29 is 9.84 Å². The zero-order valence-corrected chi connectivity index (χ0v) is 23.6. The van der Waals surface area contributed by atoms with Crippen LogP contribution in [-0.4, -0.2) is 12.2 Å². The lowest BCUT2D eigenvalue weighted by Gasteiger charge is -2.27. The first-order valence-corrected chi connectivity index (χ1v) is 13.7. The summed E-state index contributed by atoms with van der Waals surface area (Å²) in [4.78, 5) is 4.36. The van der Waals surface area contributed by atoms with Gasteiger partial charge in [-0.15, -0.1) is 0 Å². The van der Waals surface area contributed by atoms with Crippen molar-refractivity contribution >= 4 is 28.4 Å². The van der Waals surface area contributed by atoms with Crippen LogP contribution in [0.15, 0.2) is 157 Å². The SMILES string of the molecule is C/C=C(\C=C(/C)OC)N(c1ccccc1)c1ccc(-c2ccc(N(c3ccccc3)c3cccc(O)c3)cc2)cc1. The van der Waals surface area contributed by atoms with E-state index in [1.165, 1.54) is 0 Å². The highest BCUT2D eigenvalue weighted by molar-refractivity contribution is 5.79. The van der Waals surface area contributed by atoms with Gasteiger partial charge >= 0.3 is 0 Å². The molecule has 0 aliphatic carbocycles. The number of benzene rings is 5. The van der Waals surface area contributed by atoms with Crippen molar-refractivity contribution in [1.82, 2.24) is 0 Å². The largest absolute Gasteiger partial charge is 0.508 e. The van der Waals surface area contributed by atoms with E-state index in [9.17, 15) is 5.11 Å². The van der Waals surface area contributed by atoms with Gasteiger partial charge in [0.25, 0.3) is 0 Å². The van der Waals surface area contributed by atoms with Crippen molar-refractivity contribution in [3.8, 4) is 16.9 Å². The second kappa shape index (κ2) is 12.8. The second-order valence-corrected chi connectivity index (χ2v) is 9.63. The number of rotatable bonds is 9. The molecule has 5 aromatic rings. The number of nitrogens with zero attached hydrogens (tertiary/aromatic N) is 2. The Kier molecular flexibility index (Phi) is 8.51. The fraction of sp³-hybridized carbons (Fsp3) is 0.0811. The Morgan fingerprint density at radius 1 is 0.610 bits per heavy atom. The van der Waals surface area contributed by atoms with Crippen molar-refractivity contribution in [1.29, 1.82) is 0 Å². The van der Waals surface area contributed by atoms with E-state index in [-0.39, 0.29) is 5.75 Å². The number of allylic oxidation sites excluding steroid dienone is 3. The maximum Gasteiger partial charge on any atom is 0.117 e. The molecule has 0 saturated carbocycles. The molecule has 4 nitrogen and oxygen atoms in total. The highest BCUT2D eigenvalue weighted by atomic mass is 16.5. The predicted molar refractivity (Wildman–Crippen MR) is 171 cm³/mol. The van der Waals surface area contributed by atoms with Gasteiger partial charge in [0.1, 0.15) is 5.75 Å². The first-order valence-electron chi connectivity index (χ1n) is 13.7. The molecular weight excluding hydrogens is 504 g/mol. The zero-order valence-electron chi connectivity index (χ0n) is 23.6. The number of phenols is 1. The number of methoxy groups -OCH3 is 1. The summed E-state index contributed by atoms with van der Waals surface area (Å²) in [6.07, 6.45) is 4.14. The molecule has 0 unspecified atom stereocenters. The third-order valence-electron chi connectivity index (χ3n) is 6.93. The van der Waals surface area contributed by atoms with Crippen LogP contribution in [0.25, 0.3) is 11.1 Å². The van der Waals surface area contributed by atoms with E-state index in [1.54, 1.807) is 19.2 Å². The second-order valence-electron chi connectivity index (χ2n) is 9.63. The number of aromatic hydroxyl groups is 1. The molecule has 0 heterocycles. The smallest absolute Gasteiger partial charge is 0.117 e. The summed E-state index contributed by atoms with van der Waals surface area (Å²) in [5, 5.41) is 10.1. The minimum absolute atomic E-state index is 0.235. The molecule has 0 aromatic heterocycles. The van der Waals surface area contributed by atoms with Crippen molar-refractivity contribution in [2.24, 2.45) is 0 Å². The van der Waals surface area contributed by atoms with Gasteiger partial charge in [0.15, 0.2) is 0 Å². The molecule has 0 saturated heterocycles. The monoisotopic (exact) mass is 538 g/mol. The Labute approximate surface area is 242 Å². The van der Waals surface area contributed by atoms with Gasteiger partial charge in [-0.3, -0.25) is 0 Å². The average molecular weight is 539 g/mol. The molecule has 204 valence electrons. The fourth-order valence-electron chi connectivity index (χ4n) is 4.83. The summed E-state index contributed by atoms with van der Waals surface area (Å²) in [5.74, 6) is 1.07. The van der Waals surface area contributed by atoms with Gasteiger partial charge in [-0.1, -0.05) is 72.8 Å². The topological polar surface area (TPSA) is 35.9 Å². The molecule has 5 aromatic carbocycles. The summed E-state index contributed by atoms with van der Waals surface area (Å²) in [5.41, 5.74) is 8.34. The zero-order chi connectivity index (χ0) is 28.6. The van der Waals surface area contributed by atoms with Crippen LogP contribution in [-0.2, 0) is 4.74 Å². The van der Waals surface area contributed by atoms with Gasteiger partial charge in [0.2, 0.25) is 0 Å². The van der Waals surface area contributed by atoms with Crippen LogP contribution in [0.4, 0.5) is 28.4 Å². The molecule has 0 amide bonds. The van der Waals surface area contributed by atoms with Crippen molar-refractivity contribution in [3.05, 3.63) is 157 Å². The summed E-state index contributed by atoms with van der Waals surface area (Å²) in [6.45, 7) is 4.00. The number of phenolic OH excluding ortho intramolecular Hbond substituents is 1. The minimum Gasteiger partial charge on any atom is -0.508 e. The van der Waals surface area contributed by atoms with Crippen molar-refractivity contribution in [2.75, 3.05) is 16.9 Å². The maximum absolute atomic E-state index is 10.1. The van der Waals surface area contributed by atoms with E-state index < -0.39 is 0 Å². The van der Waals surface area contributed by atoms with Gasteiger partial charge < -0.3 is 19.6 Å². The molecule has 0 atom stereocenters. The highest BCUT2D eigenvalue weighted by Crippen LogP contribution is 2.37. The molecule has 41 heavy (non-hydrogen) atoms. The van der Waals surface area contributed by atoms with E-state index >= 15 is 0 Å². The van der Waals surface area contributed by atoms with Crippen LogP contribution in [0.2, 0.25) is 0 Å². The Morgan fingerprint density at radius 2 is 1.10 bits per heavy atom. The van der Waals surface area contributed by atoms with Gasteiger partial charge in [0, 0.05) is 40.2 Å². The Balaban J connectivity index is 1.47. The Bertz CT molecular complexity index is 1620. The molecule has 1 N–H and O–H groups in total.